The largest absolute Gasteiger partial charge is 0.241 e. The highest BCUT2D eigenvalue weighted by Gasteiger charge is 2.41. The van der Waals surface area contributed by atoms with E-state index in [1.807, 2.05) is 19.1 Å². The van der Waals surface area contributed by atoms with Crippen LogP contribution in [-0.2, 0) is 10.0 Å². The van der Waals surface area contributed by atoms with Crippen molar-refractivity contribution in [2.45, 2.75) is 96.3 Å². The Morgan fingerprint density at radius 3 is 1.75 bits per heavy atom. The molecule has 1 N–H and O–H groups in total. The van der Waals surface area contributed by atoms with Crippen LogP contribution in [0.15, 0.2) is 29.2 Å². The van der Waals surface area contributed by atoms with Crippen LogP contribution in [0.25, 0.3) is 0 Å². The zero-order chi connectivity index (χ0) is 21.7. The van der Waals surface area contributed by atoms with Crippen LogP contribution >= 0.6 is 0 Å². The van der Waals surface area contributed by atoms with Gasteiger partial charge in [-0.1, -0.05) is 79.0 Å². The Labute approximate surface area is 174 Å². The van der Waals surface area contributed by atoms with Gasteiger partial charge in [0.2, 0.25) is 10.0 Å². The van der Waals surface area contributed by atoms with Crippen molar-refractivity contribution in [2.75, 3.05) is 0 Å². The van der Waals surface area contributed by atoms with Crippen molar-refractivity contribution in [1.82, 2.24) is 4.72 Å². The van der Waals surface area contributed by atoms with Crippen LogP contribution in [0.1, 0.15) is 67.4 Å². The molecule has 158 valence electrons. The average molecular weight is 422 g/mol. The molecule has 0 aromatic heterocycles. The first-order valence-electron chi connectivity index (χ1n) is 10.4. The van der Waals surface area contributed by atoms with Crippen molar-refractivity contribution in [1.29, 1.82) is 0 Å². The molecule has 5 heteroatoms. The molecule has 0 spiro atoms. The molecule has 28 heavy (non-hydrogen) atoms. The zero-order valence-corrected chi connectivity index (χ0v) is 20.9. The summed E-state index contributed by atoms with van der Waals surface area (Å²) in [5, 5.41) is 0. The molecule has 0 radical (unpaired) electrons. The van der Waals surface area contributed by atoms with Crippen LogP contribution in [-0.4, -0.2) is 22.5 Å². The minimum Gasteiger partial charge on any atom is -0.207 e. The summed E-state index contributed by atoms with van der Waals surface area (Å²) in [7, 11) is -5.49. The SMILES string of the molecule is Cc1ccc(S(=O)(=O)NC(C#C[Si](C(C)C)(C(C)C)C(C)C)CC(C)C)cc1. The Balaban J connectivity index is 3.30. The van der Waals surface area contributed by atoms with Gasteiger partial charge in [-0.15, -0.1) is 5.54 Å². The molecule has 1 aromatic carbocycles. The van der Waals surface area contributed by atoms with Gasteiger partial charge in [0.05, 0.1) is 10.9 Å². The van der Waals surface area contributed by atoms with Crippen LogP contribution in [0.4, 0.5) is 0 Å². The van der Waals surface area contributed by atoms with Crippen molar-refractivity contribution in [3.63, 3.8) is 0 Å². The van der Waals surface area contributed by atoms with Crippen LogP contribution in [0.5, 0.6) is 0 Å². The number of hydrogen-bond acceptors (Lipinski definition) is 2. The molecule has 1 unspecified atom stereocenters. The first-order valence-corrected chi connectivity index (χ1v) is 14.2. The molecule has 1 atom stereocenters. The van der Waals surface area contributed by atoms with Crippen molar-refractivity contribution in [3.8, 4) is 11.5 Å². The average Bonchev–Trinajstić information content (AvgIpc) is 2.53. The maximum Gasteiger partial charge on any atom is 0.241 e. The molecule has 1 rings (SSSR count). The number of benzene rings is 1. The molecule has 0 aliphatic rings. The third kappa shape index (κ3) is 6.20. The van der Waals surface area contributed by atoms with E-state index in [9.17, 15) is 8.42 Å². The standard InChI is InChI=1S/C23H39NO2SSi/c1-17(2)16-22(14-15-28(18(3)4,19(5)6)20(7)8)24-27(25,26)23-12-10-21(9)11-13-23/h10-13,17-20,22,24H,16H2,1-9H3. The fraction of sp³-hybridized carbons (Fsp3) is 0.652. The van der Waals surface area contributed by atoms with E-state index < -0.39 is 18.1 Å². The lowest BCUT2D eigenvalue weighted by Crippen LogP contribution is -2.44. The maximum atomic E-state index is 12.9. The van der Waals surface area contributed by atoms with Gasteiger partial charge in [-0.25, -0.2) is 8.42 Å². The Bertz CT molecular complexity index is 762. The quantitative estimate of drug-likeness (QED) is 0.419. The highest BCUT2D eigenvalue weighted by Crippen LogP contribution is 2.40. The molecule has 0 aliphatic heterocycles. The molecule has 0 bridgehead atoms. The van der Waals surface area contributed by atoms with Crippen molar-refractivity contribution < 1.29 is 8.42 Å². The molecule has 0 amide bonds. The van der Waals surface area contributed by atoms with E-state index in [0.29, 0.717) is 33.9 Å². The Hall–Kier alpha value is -1.09. The molecule has 0 heterocycles. The normalized spacial score (nSPS) is 13.9. The second kappa shape index (κ2) is 10.1. The summed E-state index contributed by atoms with van der Waals surface area (Å²) in [6, 6.07) is 6.60. The molecule has 0 saturated heterocycles. The van der Waals surface area contributed by atoms with Crippen molar-refractivity contribution >= 4 is 18.1 Å². The van der Waals surface area contributed by atoms with E-state index >= 15 is 0 Å². The lowest BCUT2D eigenvalue weighted by molar-refractivity contribution is 0.515. The summed E-state index contributed by atoms with van der Waals surface area (Å²) < 4.78 is 28.7. The fourth-order valence-corrected chi connectivity index (χ4v) is 10.7. The number of aryl methyl sites for hydroxylation is 1. The highest BCUT2D eigenvalue weighted by atomic mass is 32.2. The van der Waals surface area contributed by atoms with Crippen LogP contribution < -0.4 is 4.72 Å². The predicted octanol–water partition coefficient (Wildman–Crippen LogP) is 5.91. The molecular weight excluding hydrogens is 382 g/mol. The summed E-state index contributed by atoms with van der Waals surface area (Å²) >= 11 is 0. The van der Waals surface area contributed by atoms with Crippen LogP contribution in [0.2, 0.25) is 16.6 Å². The monoisotopic (exact) mass is 421 g/mol. The first kappa shape index (κ1) is 24.9. The van der Waals surface area contributed by atoms with Gasteiger partial charge in [-0.05, 0) is 48.0 Å². The zero-order valence-electron chi connectivity index (χ0n) is 19.1. The molecule has 3 nitrogen and oxygen atoms in total. The number of rotatable bonds is 8. The van der Waals surface area contributed by atoms with E-state index in [2.05, 4.69) is 71.6 Å². The molecular formula is C23H39NO2SSi. The predicted molar refractivity (Wildman–Crippen MR) is 124 cm³/mol. The lowest BCUT2D eigenvalue weighted by Gasteiger charge is -2.38. The smallest absolute Gasteiger partial charge is 0.207 e. The first-order chi connectivity index (χ1) is 12.8. The Morgan fingerprint density at radius 1 is 0.893 bits per heavy atom. The highest BCUT2D eigenvalue weighted by molar-refractivity contribution is 7.89. The van der Waals surface area contributed by atoms with Gasteiger partial charge >= 0.3 is 0 Å². The number of nitrogens with one attached hydrogen (secondary N) is 1. The third-order valence-corrected chi connectivity index (χ3v) is 13.5. The van der Waals surface area contributed by atoms with Gasteiger partial charge in [-0.3, -0.25) is 0 Å². The van der Waals surface area contributed by atoms with E-state index in [1.165, 1.54) is 0 Å². The second-order valence-corrected chi connectivity index (χ2v) is 16.6. The summed E-state index contributed by atoms with van der Waals surface area (Å²) in [4.78, 5) is 0.300. The van der Waals surface area contributed by atoms with Gasteiger partial charge in [0.25, 0.3) is 0 Å². The van der Waals surface area contributed by atoms with E-state index in [4.69, 9.17) is 0 Å². The molecule has 0 saturated carbocycles. The number of hydrogen-bond donors (Lipinski definition) is 1. The van der Waals surface area contributed by atoms with Crippen LogP contribution in [0.3, 0.4) is 0 Å². The molecule has 1 aromatic rings. The Kier molecular flexibility index (Phi) is 8.99. The van der Waals surface area contributed by atoms with Crippen LogP contribution in [0, 0.1) is 24.3 Å². The van der Waals surface area contributed by atoms with Gasteiger partial charge in [-0.2, -0.15) is 4.72 Å². The summed E-state index contributed by atoms with van der Waals surface area (Å²) in [5.74, 6) is 3.75. The second-order valence-electron chi connectivity index (χ2n) is 9.28. The minimum absolute atomic E-state index is 0.300. The van der Waals surface area contributed by atoms with Gasteiger partial charge in [0, 0.05) is 0 Å². The van der Waals surface area contributed by atoms with Gasteiger partial charge in [0.15, 0.2) is 0 Å². The maximum absolute atomic E-state index is 12.9. The summed E-state index contributed by atoms with van der Waals surface area (Å²) in [6.07, 6.45) is 0.705. The van der Waals surface area contributed by atoms with E-state index in [1.54, 1.807) is 12.1 Å². The summed E-state index contributed by atoms with van der Waals surface area (Å²) in [5.41, 5.74) is 6.29. The van der Waals surface area contributed by atoms with Gasteiger partial charge in [0.1, 0.15) is 8.07 Å². The minimum atomic E-state index is -3.59. The summed E-state index contributed by atoms with van der Waals surface area (Å²) in [6.45, 7) is 19.8. The number of sulfonamides is 1. The lowest BCUT2D eigenvalue weighted by atomic mass is 10.1. The van der Waals surface area contributed by atoms with Crippen molar-refractivity contribution in [3.05, 3.63) is 29.8 Å². The van der Waals surface area contributed by atoms with Gasteiger partial charge < -0.3 is 0 Å². The molecule has 0 aliphatic carbocycles. The topological polar surface area (TPSA) is 46.2 Å². The van der Waals surface area contributed by atoms with E-state index in [-0.39, 0.29) is 6.04 Å². The van der Waals surface area contributed by atoms with E-state index in [0.717, 1.165) is 5.56 Å². The third-order valence-electron chi connectivity index (χ3n) is 5.66. The van der Waals surface area contributed by atoms with Crippen molar-refractivity contribution in [2.24, 2.45) is 5.92 Å². The fourth-order valence-electron chi connectivity index (χ4n) is 4.23. The Morgan fingerprint density at radius 2 is 1.36 bits per heavy atom. The molecule has 0 fully saturated rings.